The molecule has 2 rings (SSSR count). The Morgan fingerprint density at radius 3 is 2.29 bits per heavy atom. The number of benzene rings is 2. The van der Waals surface area contributed by atoms with E-state index in [1.807, 2.05) is 0 Å². The van der Waals surface area contributed by atoms with Crippen molar-refractivity contribution in [2.75, 3.05) is 0 Å². The second-order valence-electron chi connectivity index (χ2n) is 6.25. The van der Waals surface area contributed by atoms with E-state index in [9.17, 15) is 0 Å². The Labute approximate surface area is 128 Å². The summed E-state index contributed by atoms with van der Waals surface area (Å²) in [6, 6.07) is 17.6. The molecule has 2 nitrogen and oxygen atoms in total. The van der Waals surface area contributed by atoms with Crippen molar-refractivity contribution < 1.29 is 0 Å². The molecule has 0 saturated carbocycles. The highest BCUT2D eigenvalue weighted by molar-refractivity contribution is 5.29. The summed E-state index contributed by atoms with van der Waals surface area (Å²) in [6.07, 6.45) is 2.01. The molecule has 3 N–H and O–H groups in total. The summed E-state index contributed by atoms with van der Waals surface area (Å²) in [5.41, 5.74) is 8.19. The first-order chi connectivity index (χ1) is 10.1. The average Bonchev–Trinajstić information content (AvgIpc) is 2.46. The molecule has 112 valence electrons. The van der Waals surface area contributed by atoms with E-state index in [1.165, 1.54) is 22.3 Å². The van der Waals surface area contributed by atoms with Gasteiger partial charge in [0.1, 0.15) is 0 Å². The molecular formula is C19H26N2. The van der Waals surface area contributed by atoms with Gasteiger partial charge in [0.15, 0.2) is 0 Å². The molecule has 0 bridgehead atoms. The van der Waals surface area contributed by atoms with Gasteiger partial charge in [-0.15, -0.1) is 0 Å². The van der Waals surface area contributed by atoms with Crippen LogP contribution >= 0.6 is 0 Å². The number of nitrogens with one attached hydrogen (secondary N) is 1. The molecule has 0 spiro atoms. The van der Waals surface area contributed by atoms with Crippen LogP contribution in [0.15, 0.2) is 48.5 Å². The lowest BCUT2D eigenvalue weighted by atomic mass is 9.95. The highest BCUT2D eigenvalue weighted by atomic mass is 15.2. The maximum Gasteiger partial charge on any atom is 0.0500 e. The van der Waals surface area contributed by atoms with Gasteiger partial charge < -0.3 is 0 Å². The molecule has 0 aliphatic heterocycles. The van der Waals surface area contributed by atoms with Crippen molar-refractivity contribution in [3.8, 4) is 0 Å². The zero-order valence-electron chi connectivity index (χ0n) is 13.3. The number of hydrogen-bond acceptors (Lipinski definition) is 2. The first kappa shape index (κ1) is 15.7. The molecule has 2 heteroatoms. The Balaban J connectivity index is 2.15. The Bertz CT molecular complexity index is 558. The van der Waals surface area contributed by atoms with Crippen LogP contribution < -0.4 is 11.3 Å². The van der Waals surface area contributed by atoms with Crippen LogP contribution in [0.1, 0.15) is 42.1 Å². The van der Waals surface area contributed by atoms with Crippen molar-refractivity contribution in [3.05, 3.63) is 70.8 Å². The highest BCUT2D eigenvalue weighted by Crippen LogP contribution is 2.20. The third kappa shape index (κ3) is 4.69. The first-order valence-corrected chi connectivity index (χ1v) is 7.69. The third-order valence-electron chi connectivity index (χ3n) is 3.76. The second-order valence-corrected chi connectivity index (χ2v) is 6.25. The van der Waals surface area contributed by atoms with Gasteiger partial charge in [-0.3, -0.25) is 11.3 Å². The van der Waals surface area contributed by atoms with Gasteiger partial charge in [0.2, 0.25) is 0 Å². The molecule has 2 aromatic carbocycles. The van der Waals surface area contributed by atoms with Gasteiger partial charge in [-0.05, 0) is 42.4 Å². The Kier molecular flexibility index (Phi) is 5.54. The molecule has 0 radical (unpaired) electrons. The number of aryl methyl sites for hydroxylation is 1. The lowest BCUT2D eigenvalue weighted by Crippen LogP contribution is -2.29. The summed E-state index contributed by atoms with van der Waals surface area (Å²) < 4.78 is 0. The van der Waals surface area contributed by atoms with Crippen LogP contribution in [-0.4, -0.2) is 0 Å². The minimum Gasteiger partial charge on any atom is -0.271 e. The number of hydrogen-bond donors (Lipinski definition) is 2. The van der Waals surface area contributed by atoms with Crippen LogP contribution in [-0.2, 0) is 12.8 Å². The van der Waals surface area contributed by atoms with Gasteiger partial charge in [-0.25, -0.2) is 0 Å². The summed E-state index contributed by atoms with van der Waals surface area (Å²) in [5, 5.41) is 0. The highest BCUT2D eigenvalue weighted by Gasteiger charge is 2.11. The summed E-state index contributed by atoms with van der Waals surface area (Å²) in [6.45, 7) is 6.60. The maximum atomic E-state index is 5.78. The molecule has 0 saturated heterocycles. The molecule has 0 fully saturated rings. The molecular weight excluding hydrogens is 256 g/mol. The molecule has 0 amide bonds. The molecule has 0 heterocycles. The molecule has 0 aliphatic rings. The molecule has 0 aromatic heterocycles. The van der Waals surface area contributed by atoms with Crippen molar-refractivity contribution >= 4 is 0 Å². The fourth-order valence-corrected chi connectivity index (χ4v) is 2.64. The predicted molar refractivity (Wildman–Crippen MR) is 89.9 cm³/mol. The largest absolute Gasteiger partial charge is 0.271 e. The molecule has 0 aliphatic carbocycles. The van der Waals surface area contributed by atoms with Crippen molar-refractivity contribution in [2.45, 2.75) is 39.7 Å². The van der Waals surface area contributed by atoms with Crippen LogP contribution in [0, 0.1) is 12.8 Å². The van der Waals surface area contributed by atoms with E-state index in [2.05, 4.69) is 74.7 Å². The lowest BCUT2D eigenvalue weighted by Gasteiger charge is -2.18. The average molecular weight is 282 g/mol. The first-order valence-electron chi connectivity index (χ1n) is 7.69. The van der Waals surface area contributed by atoms with E-state index < -0.39 is 0 Å². The van der Waals surface area contributed by atoms with Gasteiger partial charge in [-0.1, -0.05) is 67.9 Å². The molecule has 1 atom stereocenters. The van der Waals surface area contributed by atoms with Crippen LogP contribution in [0.5, 0.6) is 0 Å². The van der Waals surface area contributed by atoms with E-state index in [4.69, 9.17) is 5.84 Å². The molecule has 21 heavy (non-hydrogen) atoms. The molecule has 2 aromatic rings. The van der Waals surface area contributed by atoms with E-state index in [0.29, 0.717) is 5.92 Å². The van der Waals surface area contributed by atoms with E-state index in [-0.39, 0.29) is 6.04 Å². The maximum absolute atomic E-state index is 5.78. The predicted octanol–water partition coefficient (Wildman–Crippen LogP) is 3.94. The fraction of sp³-hybridized carbons (Fsp3) is 0.368. The zero-order chi connectivity index (χ0) is 15.2. The second kappa shape index (κ2) is 7.39. The van der Waals surface area contributed by atoms with E-state index in [0.717, 1.165) is 12.8 Å². The van der Waals surface area contributed by atoms with Crippen molar-refractivity contribution in [1.29, 1.82) is 0 Å². The van der Waals surface area contributed by atoms with Crippen molar-refractivity contribution in [3.63, 3.8) is 0 Å². The quantitative estimate of drug-likeness (QED) is 0.622. The number of nitrogens with two attached hydrogens (primary N) is 1. The summed E-state index contributed by atoms with van der Waals surface area (Å²) in [5.74, 6) is 6.45. The topological polar surface area (TPSA) is 38.0 Å². The SMILES string of the molecule is Cc1ccc(CC(NN)c2cccc(CC(C)C)c2)cc1. The lowest BCUT2D eigenvalue weighted by molar-refractivity contribution is 0.550. The number of rotatable bonds is 6. The van der Waals surface area contributed by atoms with Crippen molar-refractivity contribution in [1.82, 2.24) is 5.43 Å². The van der Waals surface area contributed by atoms with Crippen LogP contribution in [0.4, 0.5) is 0 Å². The normalized spacial score (nSPS) is 12.6. The summed E-state index contributed by atoms with van der Waals surface area (Å²) in [4.78, 5) is 0. The van der Waals surface area contributed by atoms with Crippen LogP contribution in [0.25, 0.3) is 0 Å². The van der Waals surface area contributed by atoms with Gasteiger partial charge >= 0.3 is 0 Å². The van der Waals surface area contributed by atoms with Gasteiger partial charge in [-0.2, -0.15) is 0 Å². The van der Waals surface area contributed by atoms with Crippen LogP contribution in [0.2, 0.25) is 0 Å². The Hall–Kier alpha value is -1.64. The summed E-state index contributed by atoms with van der Waals surface area (Å²) >= 11 is 0. The fourth-order valence-electron chi connectivity index (χ4n) is 2.64. The number of hydrazine groups is 1. The smallest absolute Gasteiger partial charge is 0.0500 e. The van der Waals surface area contributed by atoms with Crippen LogP contribution in [0.3, 0.4) is 0 Å². The summed E-state index contributed by atoms with van der Waals surface area (Å²) in [7, 11) is 0. The van der Waals surface area contributed by atoms with Crippen molar-refractivity contribution in [2.24, 2.45) is 11.8 Å². The zero-order valence-corrected chi connectivity index (χ0v) is 13.3. The monoisotopic (exact) mass is 282 g/mol. The third-order valence-corrected chi connectivity index (χ3v) is 3.76. The standard InChI is InChI=1S/C19H26N2/c1-14(2)11-17-5-4-6-18(12-17)19(21-20)13-16-9-7-15(3)8-10-16/h4-10,12,14,19,21H,11,13,20H2,1-3H3. The Morgan fingerprint density at radius 1 is 0.952 bits per heavy atom. The van der Waals surface area contributed by atoms with Gasteiger partial charge in [0.05, 0.1) is 0 Å². The van der Waals surface area contributed by atoms with E-state index in [1.54, 1.807) is 0 Å². The minimum absolute atomic E-state index is 0.153. The minimum atomic E-state index is 0.153. The van der Waals surface area contributed by atoms with Gasteiger partial charge in [0.25, 0.3) is 0 Å². The molecule has 1 unspecified atom stereocenters. The van der Waals surface area contributed by atoms with E-state index >= 15 is 0 Å². The van der Waals surface area contributed by atoms with Gasteiger partial charge in [0, 0.05) is 6.04 Å². The Morgan fingerprint density at radius 2 is 1.67 bits per heavy atom.